The van der Waals surface area contributed by atoms with Crippen LogP contribution in [0.15, 0.2) is 36.4 Å². The molecule has 0 saturated heterocycles. The van der Waals surface area contributed by atoms with E-state index < -0.39 is 0 Å². The van der Waals surface area contributed by atoms with Crippen molar-refractivity contribution in [2.45, 2.75) is 20.8 Å². The van der Waals surface area contributed by atoms with E-state index in [1.54, 1.807) is 20.3 Å². The summed E-state index contributed by atoms with van der Waals surface area (Å²) in [6, 6.07) is 7.60. The standard InChI is InChI=1S/C22H26O4/c1-6-9-15-11-17(21(23)19(13-15)24-4)18-12-16(10-7-2)14-20(25-5)22(18)26-8-3/h6-7,9-14,23H,8H2,1-5H3/b9-6+,10-7+. The van der Waals surface area contributed by atoms with Gasteiger partial charge in [0, 0.05) is 11.1 Å². The highest BCUT2D eigenvalue weighted by Crippen LogP contribution is 2.46. The number of rotatable bonds is 7. The molecule has 0 unspecified atom stereocenters. The van der Waals surface area contributed by atoms with E-state index in [9.17, 15) is 5.11 Å². The fourth-order valence-electron chi connectivity index (χ4n) is 2.84. The molecule has 2 aromatic carbocycles. The molecular formula is C22H26O4. The Balaban J connectivity index is 2.84. The number of aromatic hydroxyl groups is 1. The largest absolute Gasteiger partial charge is 0.504 e. The Kier molecular flexibility index (Phi) is 6.73. The Labute approximate surface area is 155 Å². The Morgan fingerprint density at radius 3 is 1.88 bits per heavy atom. The smallest absolute Gasteiger partial charge is 0.169 e. The van der Waals surface area contributed by atoms with Gasteiger partial charge in [0.2, 0.25) is 0 Å². The van der Waals surface area contributed by atoms with Gasteiger partial charge in [-0.1, -0.05) is 24.3 Å². The molecule has 4 heteroatoms. The summed E-state index contributed by atoms with van der Waals surface area (Å²) in [4.78, 5) is 0. The maximum Gasteiger partial charge on any atom is 0.169 e. The van der Waals surface area contributed by atoms with Gasteiger partial charge >= 0.3 is 0 Å². The van der Waals surface area contributed by atoms with Gasteiger partial charge in [0.1, 0.15) is 0 Å². The topological polar surface area (TPSA) is 47.9 Å². The molecule has 2 rings (SSSR count). The summed E-state index contributed by atoms with van der Waals surface area (Å²) in [5, 5.41) is 10.7. The first-order chi connectivity index (χ1) is 12.6. The molecule has 0 radical (unpaired) electrons. The predicted octanol–water partition coefficient (Wildman–Crippen LogP) is 5.54. The molecule has 0 heterocycles. The van der Waals surface area contributed by atoms with Crippen LogP contribution in [0.2, 0.25) is 0 Å². The van der Waals surface area contributed by atoms with Crippen LogP contribution in [0.25, 0.3) is 23.3 Å². The van der Waals surface area contributed by atoms with Gasteiger partial charge in [0.15, 0.2) is 23.0 Å². The third-order valence-corrected chi connectivity index (χ3v) is 3.91. The van der Waals surface area contributed by atoms with Crippen molar-refractivity contribution < 1.29 is 19.3 Å². The molecule has 4 nitrogen and oxygen atoms in total. The molecule has 0 amide bonds. The second kappa shape index (κ2) is 8.99. The van der Waals surface area contributed by atoms with Crippen LogP contribution in [0, 0.1) is 0 Å². The third-order valence-electron chi connectivity index (χ3n) is 3.91. The maximum atomic E-state index is 10.7. The van der Waals surface area contributed by atoms with E-state index in [0.717, 1.165) is 16.7 Å². The molecule has 138 valence electrons. The van der Waals surface area contributed by atoms with E-state index in [-0.39, 0.29) is 5.75 Å². The SMILES string of the molecule is C/C=C/c1cc(OC)c(O)c(-c2cc(/C=C/C)cc(OC)c2OCC)c1. The molecule has 1 N–H and O–H groups in total. The number of benzene rings is 2. The summed E-state index contributed by atoms with van der Waals surface area (Å²) >= 11 is 0. The average Bonchev–Trinajstić information content (AvgIpc) is 2.64. The van der Waals surface area contributed by atoms with Crippen molar-refractivity contribution in [2.75, 3.05) is 20.8 Å². The lowest BCUT2D eigenvalue weighted by atomic mass is 9.97. The number of allylic oxidation sites excluding steroid dienone is 2. The van der Waals surface area contributed by atoms with Crippen LogP contribution in [0.5, 0.6) is 23.0 Å². The van der Waals surface area contributed by atoms with Crippen molar-refractivity contribution >= 4 is 12.2 Å². The zero-order valence-electron chi connectivity index (χ0n) is 16.0. The highest BCUT2D eigenvalue weighted by Gasteiger charge is 2.19. The first-order valence-corrected chi connectivity index (χ1v) is 8.61. The number of phenolic OH excluding ortho intramolecular Hbond substituents is 1. The van der Waals surface area contributed by atoms with E-state index in [2.05, 4.69) is 0 Å². The second-order valence-electron chi connectivity index (χ2n) is 5.65. The van der Waals surface area contributed by atoms with E-state index >= 15 is 0 Å². The second-order valence-corrected chi connectivity index (χ2v) is 5.65. The normalized spacial score (nSPS) is 11.3. The maximum absolute atomic E-state index is 10.7. The summed E-state index contributed by atoms with van der Waals surface area (Å²) in [5.41, 5.74) is 3.26. The molecule has 0 bridgehead atoms. The molecular weight excluding hydrogens is 328 g/mol. The fraction of sp³-hybridized carbons (Fsp3) is 0.273. The highest BCUT2D eigenvalue weighted by molar-refractivity contribution is 5.84. The predicted molar refractivity (Wildman–Crippen MR) is 107 cm³/mol. The number of hydrogen-bond donors (Lipinski definition) is 1. The summed E-state index contributed by atoms with van der Waals surface area (Å²) in [6.07, 6.45) is 7.83. The Hall–Kier alpha value is -2.88. The third kappa shape index (κ3) is 4.02. The van der Waals surface area contributed by atoms with Crippen LogP contribution < -0.4 is 14.2 Å². The first kappa shape index (κ1) is 19.4. The van der Waals surface area contributed by atoms with Crippen molar-refractivity contribution in [2.24, 2.45) is 0 Å². The van der Waals surface area contributed by atoms with Gasteiger partial charge in [-0.3, -0.25) is 0 Å². The number of methoxy groups -OCH3 is 2. The first-order valence-electron chi connectivity index (χ1n) is 8.61. The lowest BCUT2D eigenvalue weighted by Crippen LogP contribution is -1.99. The Morgan fingerprint density at radius 1 is 0.846 bits per heavy atom. The van der Waals surface area contributed by atoms with Gasteiger partial charge in [-0.15, -0.1) is 0 Å². The van der Waals surface area contributed by atoms with Crippen molar-refractivity contribution in [3.63, 3.8) is 0 Å². The van der Waals surface area contributed by atoms with Crippen molar-refractivity contribution in [1.29, 1.82) is 0 Å². The highest BCUT2D eigenvalue weighted by atomic mass is 16.5. The van der Waals surface area contributed by atoms with Gasteiger partial charge in [0.25, 0.3) is 0 Å². The monoisotopic (exact) mass is 354 g/mol. The molecule has 0 saturated carbocycles. The minimum absolute atomic E-state index is 0.0707. The van der Waals surface area contributed by atoms with Crippen LogP contribution >= 0.6 is 0 Å². The van der Waals surface area contributed by atoms with E-state index in [1.807, 2.05) is 63.3 Å². The lowest BCUT2D eigenvalue weighted by Gasteiger charge is -2.18. The van der Waals surface area contributed by atoms with Crippen LogP contribution in [-0.2, 0) is 0 Å². The summed E-state index contributed by atoms with van der Waals surface area (Å²) in [7, 11) is 3.15. The van der Waals surface area contributed by atoms with Gasteiger partial charge < -0.3 is 19.3 Å². The molecule has 26 heavy (non-hydrogen) atoms. The molecule has 0 spiro atoms. The van der Waals surface area contributed by atoms with Crippen LogP contribution in [0.4, 0.5) is 0 Å². The molecule has 0 atom stereocenters. The van der Waals surface area contributed by atoms with Gasteiger partial charge in [-0.05, 0) is 56.2 Å². The Morgan fingerprint density at radius 2 is 1.38 bits per heavy atom. The van der Waals surface area contributed by atoms with E-state index in [1.165, 1.54) is 0 Å². The molecule has 0 aliphatic carbocycles. The Bertz CT molecular complexity index is 819. The molecule has 2 aromatic rings. The van der Waals surface area contributed by atoms with E-state index in [4.69, 9.17) is 14.2 Å². The number of phenols is 1. The summed E-state index contributed by atoms with van der Waals surface area (Å²) < 4.78 is 16.7. The summed E-state index contributed by atoms with van der Waals surface area (Å²) in [5.74, 6) is 1.69. The van der Waals surface area contributed by atoms with Gasteiger partial charge in [-0.25, -0.2) is 0 Å². The molecule has 0 aliphatic rings. The minimum Gasteiger partial charge on any atom is -0.504 e. The molecule has 0 aromatic heterocycles. The lowest BCUT2D eigenvalue weighted by molar-refractivity contribution is 0.312. The molecule has 0 aliphatic heterocycles. The van der Waals surface area contributed by atoms with Crippen molar-refractivity contribution in [3.8, 4) is 34.1 Å². The average molecular weight is 354 g/mol. The quantitative estimate of drug-likeness (QED) is 0.709. The minimum atomic E-state index is 0.0707. The van der Waals surface area contributed by atoms with Gasteiger partial charge in [-0.2, -0.15) is 0 Å². The van der Waals surface area contributed by atoms with Crippen molar-refractivity contribution in [3.05, 3.63) is 47.5 Å². The molecule has 0 fully saturated rings. The van der Waals surface area contributed by atoms with Gasteiger partial charge in [0.05, 0.1) is 20.8 Å². The number of ether oxygens (including phenoxy) is 3. The van der Waals surface area contributed by atoms with Crippen LogP contribution in [0.3, 0.4) is 0 Å². The number of hydrogen-bond acceptors (Lipinski definition) is 4. The summed E-state index contributed by atoms with van der Waals surface area (Å²) in [6.45, 7) is 6.30. The van der Waals surface area contributed by atoms with Crippen molar-refractivity contribution in [1.82, 2.24) is 0 Å². The zero-order valence-corrected chi connectivity index (χ0v) is 16.0. The zero-order chi connectivity index (χ0) is 19.1. The van der Waals surface area contributed by atoms with E-state index in [0.29, 0.717) is 29.4 Å². The van der Waals surface area contributed by atoms with Crippen LogP contribution in [-0.4, -0.2) is 25.9 Å². The fourth-order valence-corrected chi connectivity index (χ4v) is 2.84. The van der Waals surface area contributed by atoms with Crippen LogP contribution in [0.1, 0.15) is 31.9 Å².